The molecule has 0 saturated carbocycles. The molecule has 0 aliphatic rings. The first-order valence-corrected chi connectivity index (χ1v) is 6.10. The van der Waals surface area contributed by atoms with Crippen molar-refractivity contribution >= 4 is 0 Å². The van der Waals surface area contributed by atoms with Crippen LogP contribution in [0.1, 0.15) is 23.1 Å². The van der Waals surface area contributed by atoms with E-state index in [1.165, 1.54) is 0 Å². The number of hydrogen-bond donors (Lipinski definition) is 0. The van der Waals surface area contributed by atoms with Gasteiger partial charge in [0.15, 0.2) is 0 Å². The first-order valence-electron chi connectivity index (χ1n) is 6.10. The number of benzene rings is 2. The lowest BCUT2D eigenvalue weighted by molar-refractivity contribution is -0.531. The maximum absolute atomic E-state index is 11.4. The van der Waals surface area contributed by atoms with Crippen LogP contribution in [-0.4, -0.2) is 4.92 Å². The Morgan fingerprint density at radius 3 is 1.84 bits per heavy atom. The zero-order valence-corrected chi connectivity index (χ0v) is 10.5. The maximum Gasteiger partial charge on any atom is 0.248 e. The molecule has 2 aromatic rings. The standard InChI is InChI=1S/C16H15NO2/c1-2-15(13-9-5-3-6-10-13)16(17(18)19)14-11-7-4-8-12-14/h2-12,15-16H,1H2/t15-,16-/m1/s1. The van der Waals surface area contributed by atoms with Gasteiger partial charge in [-0.2, -0.15) is 0 Å². The Labute approximate surface area is 112 Å². The van der Waals surface area contributed by atoms with E-state index in [4.69, 9.17) is 0 Å². The van der Waals surface area contributed by atoms with Crippen LogP contribution in [0.25, 0.3) is 0 Å². The summed E-state index contributed by atoms with van der Waals surface area (Å²) < 4.78 is 0. The van der Waals surface area contributed by atoms with Gasteiger partial charge in [0.25, 0.3) is 0 Å². The second kappa shape index (κ2) is 5.96. The minimum absolute atomic E-state index is 0.241. The van der Waals surface area contributed by atoms with E-state index in [2.05, 4.69) is 6.58 Å². The fourth-order valence-corrected chi connectivity index (χ4v) is 2.23. The van der Waals surface area contributed by atoms with Gasteiger partial charge >= 0.3 is 0 Å². The number of nitro groups is 1. The van der Waals surface area contributed by atoms with Gasteiger partial charge in [-0.1, -0.05) is 66.7 Å². The van der Waals surface area contributed by atoms with E-state index in [1.807, 2.05) is 48.5 Å². The van der Waals surface area contributed by atoms with Gasteiger partial charge in [-0.25, -0.2) is 0 Å². The normalized spacial score (nSPS) is 13.5. The Kier molecular flexibility index (Phi) is 4.08. The summed E-state index contributed by atoms with van der Waals surface area (Å²) in [6.07, 6.45) is 1.65. The predicted molar refractivity (Wildman–Crippen MR) is 75.6 cm³/mol. The zero-order chi connectivity index (χ0) is 13.7. The predicted octanol–water partition coefficient (Wildman–Crippen LogP) is 3.97. The van der Waals surface area contributed by atoms with E-state index in [1.54, 1.807) is 18.2 Å². The largest absolute Gasteiger partial charge is 0.264 e. The van der Waals surface area contributed by atoms with E-state index in [0.717, 1.165) is 5.56 Å². The maximum atomic E-state index is 11.4. The van der Waals surface area contributed by atoms with Gasteiger partial charge in [-0.05, 0) is 5.56 Å². The molecular formula is C16H15NO2. The third-order valence-electron chi connectivity index (χ3n) is 3.15. The molecule has 0 amide bonds. The molecule has 0 aliphatic heterocycles. The number of nitrogens with zero attached hydrogens (tertiary/aromatic N) is 1. The van der Waals surface area contributed by atoms with Crippen molar-refractivity contribution in [2.24, 2.45) is 0 Å². The molecule has 0 radical (unpaired) electrons. The van der Waals surface area contributed by atoms with E-state index < -0.39 is 6.04 Å². The molecule has 0 saturated heterocycles. The third kappa shape index (κ3) is 2.88. The van der Waals surface area contributed by atoms with Crippen LogP contribution < -0.4 is 0 Å². The Balaban J connectivity index is 2.43. The molecule has 3 nitrogen and oxygen atoms in total. The van der Waals surface area contributed by atoms with Crippen LogP contribution in [0.3, 0.4) is 0 Å². The minimum Gasteiger partial charge on any atom is -0.264 e. The Bertz CT molecular complexity index is 551. The fraction of sp³-hybridized carbons (Fsp3) is 0.125. The van der Waals surface area contributed by atoms with Gasteiger partial charge in [0.2, 0.25) is 6.04 Å². The van der Waals surface area contributed by atoms with Crippen molar-refractivity contribution in [2.45, 2.75) is 12.0 Å². The van der Waals surface area contributed by atoms with Gasteiger partial charge in [-0.15, -0.1) is 6.58 Å². The molecule has 0 N–H and O–H groups in total. The smallest absolute Gasteiger partial charge is 0.248 e. The quantitative estimate of drug-likeness (QED) is 0.459. The van der Waals surface area contributed by atoms with Crippen molar-refractivity contribution < 1.29 is 4.92 Å². The van der Waals surface area contributed by atoms with Crippen molar-refractivity contribution in [1.82, 2.24) is 0 Å². The molecule has 96 valence electrons. The van der Waals surface area contributed by atoms with Gasteiger partial charge in [-0.3, -0.25) is 10.1 Å². The van der Waals surface area contributed by atoms with E-state index in [9.17, 15) is 10.1 Å². The van der Waals surface area contributed by atoms with Crippen molar-refractivity contribution in [3.8, 4) is 0 Å². The molecule has 2 aromatic carbocycles. The first-order chi connectivity index (χ1) is 9.24. The van der Waals surface area contributed by atoms with E-state index in [0.29, 0.717) is 5.56 Å². The highest BCUT2D eigenvalue weighted by atomic mass is 16.6. The minimum atomic E-state index is -0.805. The topological polar surface area (TPSA) is 43.1 Å². The molecule has 0 aliphatic carbocycles. The van der Waals surface area contributed by atoms with Gasteiger partial charge < -0.3 is 0 Å². The Morgan fingerprint density at radius 2 is 1.42 bits per heavy atom. The summed E-state index contributed by atoms with van der Waals surface area (Å²) in [5, 5.41) is 11.4. The molecule has 0 fully saturated rings. The van der Waals surface area contributed by atoms with Crippen LogP contribution >= 0.6 is 0 Å². The van der Waals surface area contributed by atoms with Crippen LogP contribution in [0, 0.1) is 10.1 Å². The second-order valence-corrected chi connectivity index (χ2v) is 4.31. The van der Waals surface area contributed by atoms with Crippen LogP contribution in [0.4, 0.5) is 0 Å². The Morgan fingerprint density at radius 1 is 0.947 bits per heavy atom. The number of hydrogen-bond acceptors (Lipinski definition) is 2. The van der Waals surface area contributed by atoms with Crippen molar-refractivity contribution in [3.05, 3.63) is 94.6 Å². The lowest BCUT2D eigenvalue weighted by atomic mass is 9.87. The van der Waals surface area contributed by atoms with Crippen molar-refractivity contribution in [2.75, 3.05) is 0 Å². The van der Waals surface area contributed by atoms with Gasteiger partial charge in [0, 0.05) is 10.5 Å². The SMILES string of the molecule is C=C[C@H](c1ccccc1)[C@@H](c1ccccc1)[N+](=O)[O-]. The third-order valence-corrected chi connectivity index (χ3v) is 3.15. The summed E-state index contributed by atoms with van der Waals surface area (Å²) in [4.78, 5) is 11.2. The van der Waals surface area contributed by atoms with Crippen LogP contribution in [0.15, 0.2) is 73.3 Å². The summed E-state index contributed by atoms with van der Waals surface area (Å²) in [5.74, 6) is -0.335. The lowest BCUT2D eigenvalue weighted by Crippen LogP contribution is -2.18. The summed E-state index contributed by atoms with van der Waals surface area (Å²) in [5.41, 5.74) is 1.60. The fourth-order valence-electron chi connectivity index (χ4n) is 2.23. The molecule has 3 heteroatoms. The van der Waals surface area contributed by atoms with Crippen molar-refractivity contribution in [3.63, 3.8) is 0 Å². The highest BCUT2D eigenvalue weighted by Crippen LogP contribution is 2.34. The molecular weight excluding hydrogens is 238 g/mol. The molecule has 0 heterocycles. The van der Waals surface area contributed by atoms with Crippen LogP contribution in [-0.2, 0) is 0 Å². The molecule has 19 heavy (non-hydrogen) atoms. The van der Waals surface area contributed by atoms with Gasteiger partial charge in [0.1, 0.15) is 0 Å². The monoisotopic (exact) mass is 253 g/mol. The molecule has 0 unspecified atom stereocenters. The average Bonchev–Trinajstić information content (AvgIpc) is 2.46. The van der Waals surface area contributed by atoms with Gasteiger partial charge in [0.05, 0.1) is 5.92 Å². The summed E-state index contributed by atoms with van der Waals surface area (Å²) in [6, 6.07) is 17.7. The first kappa shape index (κ1) is 13.0. The summed E-state index contributed by atoms with van der Waals surface area (Å²) >= 11 is 0. The molecule has 0 bridgehead atoms. The highest BCUT2D eigenvalue weighted by molar-refractivity contribution is 5.29. The second-order valence-electron chi connectivity index (χ2n) is 4.31. The summed E-state index contributed by atoms with van der Waals surface area (Å²) in [6.45, 7) is 3.76. The Hall–Kier alpha value is -2.42. The zero-order valence-electron chi connectivity index (χ0n) is 10.5. The van der Waals surface area contributed by atoms with E-state index in [-0.39, 0.29) is 10.8 Å². The molecule has 0 aromatic heterocycles. The molecule has 0 spiro atoms. The average molecular weight is 253 g/mol. The molecule has 2 atom stereocenters. The highest BCUT2D eigenvalue weighted by Gasteiger charge is 2.32. The lowest BCUT2D eigenvalue weighted by Gasteiger charge is -2.18. The van der Waals surface area contributed by atoms with Crippen molar-refractivity contribution in [1.29, 1.82) is 0 Å². The van der Waals surface area contributed by atoms with Crippen LogP contribution in [0.5, 0.6) is 0 Å². The summed E-state index contributed by atoms with van der Waals surface area (Å²) in [7, 11) is 0. The number of rotatable bonds is 5. The molecule has 2 rings (SSSR count). The van der Waals surface area contributed by atoms with Crippen LogP contribution in [0.2, 0.25) is 0 Å². The van der Waals surface area contributed by atoms with E-state index >= 15 is 0 Å².